The number of rotatable bonds is 12. The molecule has 11 nitrogen and oxygen atoms in total. The van der Waals surface area contributed by atoms with E-state index in [9.17, 15) is 23.2 Å². The number of alkyl halides is 2. The highest BCUT2D eigenvalue weighted by molar-refractivity contribution is 9.10. The van der Waals surface area contributed by atoms with Crippen molar-refractivity contribution >= 4 is 50.2 Å². The topological polar surface area (TPSA) is 126 Å². The molecule has 0 bridgehead atoms. The van der Waals surface area contributed by atoms with E-state index in [1.54, 1.807) is 35.2 Å². The standard InChI is InChI=1S/C34H37BrF2N8O3/c1-19-5-6-28(35)40-32(19)41-33(48)26-13-34(18-43(9-7-36)10-8-37)14-27(34)45(26)29(47)17-44-31-20(2)11-23(24-15-38-22(4)39-16-24)12-25(31)30(42-44)21(3)46/h5-6,11-12,15-16,26-27H,7-10,13-14,17-18H2,1-4H3,(H,40,41,48)/t26-,27?,34-/m0/s1. The lowest BCUT2D eigenvalue weighted by Crippen LogP contribution is -2.47. The molecule has 0 spiro atoms. The van der Waals surface area contributed by atoms with Crippen molar-refractivity contribution in [1.29, 1.82) is 0 Å². The van der Waals surface area contributed by atoms with Crippen molar-refractivity contribution in [3.05, 3.63) is 63.9 Å². The SMILES string of the molecule is CC(=O)c1nn(CC(=O)N2C3C[C@]3(CN(CCF)CCF)C[C@H]2C(=O)Nc2nc(Br)ccc2C)c2c(C)cc(-c3cnc(C)nc3)cc12. The third-order valence-corrected chi connectivity index (χ3v) is 9.86. The molecule has 1 unspecified atom stereocenters. The summed E-state index contributed by atoms with van der Waals surface area (Å²) in [5.41, 5.74) is 3.55. The zero-order valence-corrected chi connectivity index (χ0v) is 28.9. The summed E-state index contributed by atoms with van der Waals surface area (Å²) in [7, 11) is 0. The number of carbonyl (C=O) groups is 3. The van der Waals surface area contributed by atoms with Gasteiger partial charge in [0.15, 0.2) is 5.78 Å². The van der Waals surface area contributed by atoms with Crippen molar-refractivity contribution in [3.8, 4) is 11.1 Å². The predicted molar refractivity (Wildman–Crippen MR) is 180 cm³/mol. The number of hydrogen-bond donors (Lipinski definition) is 1. The fraction of sp³-hybridized carbons (Fsp3) is 0.441. The molecule has 3 atom stereocenters. The zero-order valence-electron chi connectivity index (χ0n) is 27.3. The van der Waals surface area contributed by atoms with Crippen molar-refractivity contribution in [2.45, 2.75) is 59.2 Å². The fourth-order valence-corrected chi connectivity index (χ4v) is 7.36. The second-order valence-corrected chi connectivity index (χ2v) is 13.6. The van der Waals surface area contributed by atoms with Gasteiger partial charge in [-0.3, -0.25) is 24.0 Å². The molecular formula is C34H37BrF2N8O3. The van der Waals surface area contributed by atoms with Gasteiger partial charge >= 0.3 is 0 Å². The van der Waals surface area contributed by atoms with Crippen LogP contribution in [0.3, 0.4) is 0 Å². The first-order valence-electron chi connectivity index (χ1n) is 15.8. The van der Waals surface area contributed by atoms with Gasteiger partial charge in [0.2, 0.25) is 11.8 Å². The van der Waals surface area contributed by atoms with E-state index in [1.165, 1.54) is 11.6 Å². The Hall–Kier alpha value is -4.17. The Bertz CT molecular complexity index is 1900. The number of halogens is 3. The largest absolute Gasteiger partial charge is 0.325 e. The van der Waals surface area contributed by atoms with Crippen molar-refractivity contribution in [2.75, 3.05) is 38.3 Å². The van der Waals surface area contributed by atoms with Gasteiger partial charge in [0.05, 0.1) is 5.52 Å². The summed E-state index contributed by atoms with van der Waals surface area (Å²) in [5, 5.41) is 8.11. The third kappa shape index (κ3) is 6.47. The molecule has 4 heterocycles. The number of benzene rings is 1. The minimum absolute atomic E-state index is 0.0768. The molecule has 6 rings (SSSR count). The van der Waals surface area contributed by atoms with E-state index in [1.807, 2.05) is 32.0 Å². The van der Waals surface area contributed by atoms with Gasteiger partial charge in [-0.25, -0.2) is 23.7 Å². The van der Waals surface area contributed by atoms with Crippen LogP contribution in [-0.4, -0.2) is 97.2 Å². The van der Waals surface area contributed by atoms with Gasteiger partial charge in [0, 0.05) is 61.4 Å². The number of aryl methyl sites for hydroxylation is 3. The van der Waals surface area contributed by atoms with E-state index in [0.717, 1.165) is 22.3 Å². The number of anilines is 1. The summed E-state index contributed by atoms with van der Waals surface area (Å²) >= 11 is 3.35. The smallest absolute Gasteiger partial charge is 0.248 e. The van der Waals surface area contributed by atoms with Crippen LogP contribution in [0, 0.1) is 26.2 Å². The number of carbonyl (C=O) groups excluding carboxylic acids is 3. The summed E-state index contributed by atoms with van der Waals surface area (Å²) in [4.78, 5) is 57.3. The number of likely N-dealkylation sites (tertiary alicyclic amines) is 1. The average molecular weight is 724 g/mol. The van der Waals surface area contributed by atoms with Crippen LogP contribution < -0.4 is 5.32 Å². The van der Waals surface area contributed by atoms with Crippen LogP contribution in [0.25, 0.3) is 22.0 Å². The molecule has 1 aliphatic heterocycles. The quantitative estimate of drug-likeness (QED) is 0.160. The maximum Gasteiger partial charge on any atom is 0.248 e. The fourth-order valence-electron chi connectivity index (χ4n) is 7.05. The number of fused-ring (bicyclic) bond motifs is 2. The number of pyridine rings is 1. The Labute approximate surface area is 285 Å². The Morgan fingerprint density at radius 2 is 1.73 bits per heavy atom. The van der Waals surface area contributed by atoms with Gasteiger partial charge in [0.25, 0.3) is 0 Å². The summed E-state index contributed by atoms with van der Waals surface area (Å²) < 4.78 is 28.8. The molecule has 0 radical (unpaired) electrons. The van der Waals surface area contributed by atoms with Crippen molar-refractivity contribution in [1.82, 2.24) is 34.5 Å². The van der Waals surface area contributed by atoms with E-state index >= 15 is 0 Å². The van der Waals surface area contributed by atoms with Crippen LogP contribution in [0.4, 0.5) is 14.6 Å². The monoisotopic (exact) mass is 722 g/mol. The van der Waals surface area contributed by atoms with E-state index in [4.69, 9.17) is 0 Å². The predicted octanol–water partition coefficient (Wildman–Crippen LogP) is 5.02. The second-order valence-electron chi connectivity index (χ2n) is 12.8. The number of ketones is 1. The van der Waals surface area contributed by atoms with Crippen molar-refractivity contribution in [3.63, 3.8) is 0 Å². The molecule has 1 N–H and O–H groups in total. The normalized spacial score (nSPS) is 20.0. The van der Waals surface area contributed by atoms with E-state index in [2.05, 4.69) is 41.3 Å². The molecule has 252 valence electrons. The third-order valence-electron chi connectivity index (χ3n) is 9.42. The maximum absolute atomic E-state index is 14.3. The molecule has 3 aromatic heterocycles. The van der Waals surface area contributed by atoms with Gasteiger partial charge < -0.3 is 10.2 Å². The lowest BCUT2D eigenvalue weighted by atomic mass is 9.98. The number of hydrogen-bond acceptors (Lipinski definition) is 8. The molecule has 4 aromatic rings. The summed E-state index contributed by atoms with van der Waals surface area (Å²) in [6.07, 6.45) is 4.40. The maximum atomic E-state index is 14.3. The van der Waals surface area contributed by atoms with Crippen LogP contribution in [-0.2, 0) is 16.1 Å². The number of piperidine rings is 1. The number of nitrogens with one attached hydrogen (secondary N) is 1. The highest BCUT2D eigenvalue weighted by atomic mass is 79.9. The highest BCUT2D eigenvalue weighted by Gasteiger charge is 2.67. The van der Waals surface area contributed by atoms with Gasteiger partial charge in [-0.05, 0) is 84.4 Å². The van der Waals surface area contributed by atoms with Gasteiger partial charge in [-0.15, -0.1) is 0 Å². The van der Waals surface area contributed by atoms with Gasteiger partial charge in [-0.1, -0.05) is 6.07 Å². The number of nitrogens with zero attached hydrogens (tertiary/aromatic N) is 7. The second kappa shape index (κ2) is 13.4. The zero-order chi connectivity index (χ0) is 34.3. The summed E-state index contributed by atoms with van der Waals surface area (Å²) in [6, 6.07) is 6.27. The van der Waals surface area contributed by atoms with Crippen LogP contribution in [0.2, 0.25) is 0 Å². The summed E-state index contributed by atoms with van der Waals surface area (Å²) in [5.74, 6) is 0.0436. The van der Waals surface area contributed by atoms with E-state index < -0.39 is 24.8 Å². The molecule has 1 saturated carbocycles. The minimum atomic E-state index is -0.836. The first-order chi connectivity index (χ1) is 22.9. The number of amides is 2. The summed E-state index contributed by atoms with van der Waals surface area (Å²) in [6.45, 7) is 6.03. The number of Topliss-reactive ketones (excluding diaryl/α,β-unsaturated/α-hetero) is 1. The number of aromatic nitrogens is 5. The minimum Gasteiger partial charge on any atom is -0.325 e. The molecule has 2 aliphatic rings. The van der Waals surface area contributed by atoms with Crippen molar-refractivity contribution in [2.24, 2.45) is 5.41 Å². The van der Waals surface area contributed by atoms with Crippen LogP contribution >= 0.6 is 15.9 Å². The average Bonchev–Trinajstić information content (AvgIpc) is 3.43. The van der Waals surface area contributed by atoms with Crippen LogP contribution in [0.15, 0.2) is 41.3 Å². The van der Waals surface area contributed by atoms with Gasteiger partial charge in [-0.2, -0.15) is 5.10 Å². The van der Waals surface area contributed by atoms with Crippen LogP contribution in [0.5, 0.6) is 0 Å². The molecule has 14 heteroatoms. The molecule has 2 amide bonds. The first kappa shape index (κ1) is 33.7. The highest BCUT2D eigenvalue weighted by Crippen LogP contribution is 2.60. The molecule has 48 heavy (non-hydrogen) atoms. The lowest BCUT2D eigenvalue weighted by Gasteiger charge is -2.27. The van der Waals surface area contributed by atoms with Crippen LogP contribution in [0.1, 0.15) is 47.2 Å². The molecule has 1 aliphatic carbocycles. The Morgan fingerprint density at radius 1 is 1.02 bits per heavy atom. The Balaban J connectivity index is 1.33. The first-order valence-corrected chi connectivity index (χ1v) is 16.6. The van der Waals surface area contributed by atoms with Gasteiger partial charge in [0.1, 0.15) is 47.9 Å². The van der Waals surface area contributed by atoms with E-state index in [0.29, 0.717) is 46.5 Å². The molecule has 2 fully saturated rings. The van der Waals surface area contributed by atoms with E-state index in [-0.39, 0.29) is 49.0 Å². The Morgan fingerprint density at radius 3 is 2.40 bits per heavy atom. The Kier molecular flexibility index (Phi) is 9.40. The van der Waals surface area contributed by atoms with Crippen molar-refractivity contribution < 1.29 is 23.2 Å². The molecule has 1 aromatic carbocycles. The lowest BCUT2D eigenvalue weighted by molar-refractivity contribution is -0.138. The molecular weight excluding hydrogens is 686 g/mol. The molecule has 1 saturated heterocycles.